The van der Waals surface area contributed by atoms with Crippen LogP contribution in [0.1, 0.15) is 32.3 Å². The van der Waals surface area contributed by atoms with Crippen molar-refractivity contribution in [1.29, 1.82) is 0 Å². The van der Waals surface area contributed by atoms with Gasteiger partial charge >= 0.3 is 12.0 Å². The number of nitrogens with one attached hydrogen (secondary N) is 2. The van der Waals surface area contributed by atoms with E-state index in [0.717, 1.165) is 32.6 Å². The molecular formula is C27H30N8O3S. The number of nitrogen functional groups attached to an aromatic ring is 1. The Bertz CT molecular complexity index is 1540. The molecule has 1 aliphatic rings. The number of hydrogen-bond acceptors (Lipinski definition) is 9. The zero-order chi connectivity index (χ0) is 27.7. The van der Waals surface area contributed by atoms with Crippen LogP contribution < -0.4 is 21.3 Å². The first-order valence-electron chi connectivity index (χ1n) is 12.7. The van der Waals surface area contributed by atoms with Crippen molar-refractivity contribution < 1.29 is 14.7 Å². The van der Waals surface area contributed by atoms with Crippen molar-refractivity contribution in [3.05, 3.63) is 42.4 Å². The molecule has 0 saturated carbocycles. The van der Waals surface area contributed by atoms with Gasteiger partial charge in [-0.15, -0.1) is 0 Å². The Morgan fingerprint density at radius 1 is 1.10 bits per heavy atom. The minimum Gasteiger partial charge on any atom is -0.481 e. The largest absolute Gasteiger partial charge is 0.481 e. The molecule has 11 nitrogen and oxygen atoms in total. The predicted octanol–water partition coefficient (Wildman–Crippen LogP) is 4.54. The van der Waals surface area contributed by atoms with Gasteiger partial charge in [0.05, 0.1) is 33.2 Å². The zero-order valence-electron chi connectivity index (χ0n) is 22.0. The summed E-state index contributed by atoms with van der Waals surface area (Å²) in [5, 5.41) is 15.5. The molecule has 2 amide bonds. The summed E-state index contributed by atoms with van der Waals surface area (Å²) in [7, 11) is 0. The minimum atomic E-state index is -0.762. The summed E-state index contributed by atoms with van der Waals surface area (Å²) in [4.78, 5) is 44.1. The molecular weight excluding hydrogens is 516 g/mol. The number of thiazole rings is 1. The molecule has 0 radical (unpaired) electrons. The molecule has 1 aromatic carbocycles. The van der Waals surface area contributed by atoms with Crippen LogP contribution in [-0.2, 0) is 4.79 Å². The summed E-state index contributed by atoms with van der Waals surface area (Å²) in [6, 6.07) is 5.59. The first kappa shape index (κ1) is 26.3. The molecule has 39 heavy (non-hydrogen) atoms. The Morgan fingerprint density at radius 3 is 2.46 bits per heavy atom. The fourth-order valence-corrected chi connectivity index (χ4v) is 5.47. The fraction of sp³-hybridized carbons (Fsp3) is 0.333. The van der Waals surface area contributed by atoms with Crippen LogP contribution in [0.25, 0.3) is 32.6 Å². The van der Waals surface area contributed by atoms with Crippen LogP contribution in [0.4, 0.5) is 21.6 Å². The lowest BCUT2D eigenvalue weighted by Gasteiger charge is -2.36. The number of aliphatic carboxylic acids is 1. The van der Waals surface area contributed by atoms with Crippen molar-refractivity contribution in [1.82, 2.24) is 25.3 Å². The van der Waals surface area contributed by atoms with E-state index in [9.17, 15) is 14.7 Å². The van der Waals surface area contributed by atoms with Gasteiger partial charge in [-0.05, 0) is 62.9 Å². The van der Waals surface area contributed by atoms with Gasteiger partial charge in [0.1, 0.15) is 0 Å². The van der Waals surface area contributed by atoms with Gasteiger partial charge in [-0.1, -0.05) is 11.3 Å². The van der Waals surface area contributed by atoms with Crippen molar-refractivity contribution in [3.8, 4) is 22.4 Å². The van der Waals surface area contributed by atoms with Gasteiger partial charge in [-0.3, -0.25) is 15.1 Å². The molecule has 1 saturated heterocycles. The lowest BCUT2D eigenvalue weighted by atomic mass is 9.80. The third-order valence-corrected chi connectivity index (χ3v) is 8.13. The molecule has 1 aliphatic heterocycles. The highest BCUT2D eigenvalue weighted by Crippen LogP contribution is 2.39. The molecule has 0 unspecified atom stereocenters. The van der Waals surface area contributed by atoms with E-state index in [1.54, 1.807) is 25.5 Å². The number of fused-ring (bicyclic) bond motifs is 1. The van der Waals surface area contributed by atoms with Gasteiger partial charge in [-0.25, -0.2) is 19.7 Å². The molecule has 1 fully saturated rings. The maximum atomic E-state index is 12.1. The molecule has 0 atom stereocenters. The van der Waals surface area contributed by atoms with E-state index in [2.05, 4.69) is 30.6 Å². The van der Waals surface area contributed by atoms with Crippen LogP contribution in [0.3, 0.4) is 0 Å². The van der Waals surface area contributed by atoms with Crippen LogP contribution in [0.5, 0.6) is 0 Å². The number of carboxylic acids is 1. The third-order valence-electron chi connectivity index (χ3n) is 7.11. The second-order valence-corrected chi connectivity index (χ2v) is 10.9. The SMILES string of the molecule is CCNC(=O)Nc1nc2cc(-c3cnc(N4CCC(C)(C(=O)O)CC4)nc3)cc(-c3cc(C)c(N)cn3)c2s1. The normalized spacial score (nSPS) is 14.8. The highest BCUT2D eigenvalue weighted by Gasteiger charge is 2.37. The molecule has 0 spiro atoms. The Hall–Kier alpha value is -4.32. The van der Waals surface area contributed by atoms with E-state index >= 15 is 0 Å². The lowest BCUT2D eigenvalue weighted by Crippen LogP contribution is -2.43. The summed E-state index contributed by atoms with van der Waals surface area (Å²) in [5.41, 5.74) is 10.8. The molecule has 0 bridgehead atoms. The second-order valence-electron chi connectivity index (χ2n) is 9.93. The van der Waals surface area contributed by atoms with Crippen molar-refractivity contribution in [2.75, 3.05) is 35.6 Å². The van der Waals surface area contributed by atoms with E-state index in [1.165, 1.54) is 11.3 Å². The lowest BCUT2D eigenvalue weighted by molar-refractivity contribution is -0.149. The number of piperidine rings is 1. The minimum absolute atomic E-state index is 0.315. The first-order chi connectivity index (χ1) is 18.7. The topological polar surface area (TPSA) is 159 Å². The molecule has 5 rings (SSSR count). The summed E-state index contributed by atoms with van der Waals surface area (Å²) >= 11 is 1.38. The van der Waals surface area contributed by atoms with E-state index in [1.807, 2.05) is 36.9 Å². The molecule has 12 heteroatoms. The average Bonchev–Trinajstić information content (AvgIpc) is 3.32. The summed E-state index contributed by atoms with van der Waals surface area (Å²) in [6.45, 7) is 7.25. The number of amides is 2. The molecule has 4 aromatic rings. The number of hydrogen-bond donors (Lipinski definition) is 4. The number of carboxylic acid groups (broad SMARTS) is 1. The quantitative estimate of drug-likeness (QED) is 0.272. The number of anilines is 3. The Labute approximate surface area is 229 Å². The third kappa shape index (κ3) is 5.32. The highest BCUT2D eigenvalue weighted by atomic mass is 32.1. The highest BCUT2D eigenvalue weighted by molar-refractivity contribution is 7.22. The van der Waals surface area contributed by atoms with Gasteiger partial charge < -0.3 is 21.1 Å². The number of rotatable bonds is 6. The van der Waals surface area contributed by atoms with E-state index in [4.69, 9.17) is 5.73 Å². The Balaban J connectivity index is 1.49. The molecule has 4 heterocycles. The number of carbonyl (C=O) groups is 2. The zero-order valence-corrected chi connectivity index (χ0v) is 22.8. The van der Waals surface area contributed by atoms with Gasteiger partial charge in [0.2, 0.25) is 5.95 Å². The monoisotopic (exact) mass is 546 g/mol. The molecule has 3 aromatic heterocycles. The van der Waals surface area contributed by atoms with Crippen LogP contribution in [0, 0.1) is 12.3 Å². The molecule has 0 aliphatic carbocycles. The Kier molecular flexibility index (Phi) is 7.04. The van der Waals surface area contributed by atoms with Crippen molar-refractivity contribution in [2.45, 2.75) is 33.6 Å². The van der Waals surface area contributed by atoms with Crippen LogP contribution in [0.15, 0.2) is 36.8 Å². The molecule has 202 valence electrons. The van der Waals surface area contributed by atoms with Gasteiger partial charge in [0.15, 0.2) is 5.13 Å². The van der Waals surface area contributed by atoms with Crippen molar-refractivity contribution in [2.24, 2.45) is 5.41 Å². The fourth-order valence-electron chi connectivity index (χ4n) is 4.51. The number of benzene rings is 1. The van der Waals surface area contributed by atoms with Crippen molar-refractivity contribution >= 4 is 50.3 Å². The number of aromatic nitrogens is 4. The number of aryl methyl sites for hydroxylation is 1. The van der Waals surface area contributed by atoms with Gasteiger partial charge in [-0.2, -0.15) is 0 Å². The van der Waals surface area contributed by atoms with E-state index in [-0.39, 0.29) is 6.03 Å². The van der Waals surface area contributed by atoms with E-state index < -0.39 is 11.4 Å². The number of urea groups is 1. The van der Waals surface area contributed by atoms with Crippen LogP contribution in [-0.4, -0.2) is 56.7 Å². The van der Waals surface area contributed by atoms with Gasteiger partial charge in [0, 0.05) is 43.2 Å². The van der Waals surface area contributed by atoms with Crippen LogP contribution >= 0.6 is 11.3 Å². The second kappa shape index (κ2) is 10.4. The Morgan fingerprint density at radius 2 is 1.82 bits per heavy atom. The molecule has 5 N–H and O–H groups in total. The standard InChI is InChI=1S/C27H30N8O3S/c1-4-29-25(38)34-26-33-21-11-16(10-18(22(21)39-26)20-9-15(2)19(28)14-30-20)17-12-31-24(32-13-17)35-7-5-27(3,6-8-35)23(36)37/h9-14H,4-8,28H2,1-3H3,(H,36,37)(H2,29,33,34,38). The number of carbonyl (C=O) groups excluding carboxylic acids is 1. The number of nitrogens with two attached hydrogens (primary N) is 1. The van der Waals surface area contributed by atoms with Gasteiger partial charge in [0.25, 0.3) is 0 Å². The summed E-state index contributed by atoms with van der Waals surface area (Å²) in [6.07, 6.45) is 6.25. The maximum absolute atomic E-state index is 12.1. The van der Waals surface area contributed by atoms with Crippen LogP contribution in [0.2, 0.25) is 0 Å². The maximum Gasteiger partial charge on any atom is 0.321 e. The average molecular weight is 547 g/mol. The smallest absolute Gasteiger partial charge is 0.321 e. The summed E-state index contributed by atoms with van der Waals surface area (Å²) < 4.78 is 0.884. The first-order valence-corrected chi connectivity index (χ1v) is 13.5. The summed E-state index contributed by atoms with van der Waals surface area (Å²) in [5.74, 6) is -0.188. The van der Waals surface area contributed by atoms with Crippen molar-refractivity contribution in [3.63, 3.8) is 0 Å². The number of nitrogens with zero attached hydrogens (tertiary/aromatic N) is 5. The predicted molar refractivity (Wildman–Crippen MR) is 153 cm³/mol. The number of pyridine rings is 1. The van der Waals surface area contributed by atoms with E-state index in [0.29, 0.717) is 54.8 Å².